The molecule has 2 atom stereocenters. The van der Waals surface area contributed by atoms with Gasteiger partial charge in [0.05, 0.1) is 22.9 Å². The Kier molecular flexibility index (Phi) is 2.47. The zero-order valence-corrected chi connectivity index (χ0v) is 9.77. The summed E-state index contributed by atoms with van der Waals surface area (Å²) < 4.78 is 0. The second-order valence-corrected chi connectivity index (χ2v) is 4.81. The van der Waals surface area contributed by atoms with Crippen molar-refractivity contribution in [3.63, 3.8) is 0 Å². The van der Waals surface area contributed by atoms with Crippen LogP contribution in [0.25, 0.3) is 0 Å². The fourth-order valence-corrected chi connectivity index (χ4v) is 2.85. The molecule has 0 radical (unpaired) electrons. The van der Waals surface area contributed by atoms with Crippen LogP contribution in [0, 0.1) is 5.92 Å². The average molecular weight is 246 g/mol. The third-order valence-electron chi connectivity index (χ3n) is 3.74. The molecule has 1 heterocycles. The number of amides is 1. The molecule has 1 aliphatic heterocycles. The number of nitrogens with one attached hydrogen (secondary N) is 2. The third kappa shape index (κ3) is 1.63. The number of fused-ring (bicyclic) bond motifs is 2. The van der Waals surface area contributed by atoms with Crippen LogP contribution in [0.4, 0.5) is 11.4 Å². The third-order valence-corrected chi connectivity index (χ3v) is 3.74. The summed E-state index contributed by atoms with van der Waals surface area (Å²) in [6.07, 6.45) is 2.77. The lowest BCUT2D eigenvalue weighted by atomic mass is 10.0. The molecule has 1 saturated carbocycles. The van der Waals surface area contributed by atoms with E-state index >= 15 is 0 Å². The SMILES string of the molecule is O=C(O)c1cccc2c1NC1CCCC1C(=O)N2. The molecule has 5 nitrogen and oxygen atoms in total. The van der Waals surface area contributed by atoms with Gasteiger partial charge in [-0.25, -0.2) is 4.79 Å². The number of rotatable bonds is 1. The minimum Gasteiger partial charge on any atom is -0.478 e. The minimum absolute atomic E-state index is 0.00807. The van der Waals surface area contributed by atoms with Crippen molar-refractivity contribution < 1.29 is 14.7 Å². The van der Waals surface area contributed by atoms with E-state index in [4.69, 9.17) is 0 Å². The van der Waals surface area contributed by atoms with Crippen LogP contribution in [-0.4, -0.2) is 23.0 Å². The molecule has 0 aromatic heterocycles. The van der Waals surface area contributed by atoms with Crippen LogP contribution in [0.1, 0.15) is 29.6 Å². The van der Waals surface area contributed by atoms with Crippen molar-refractivity contribution in [1.29, 1.82) is 0 Å². The van der Waals surface area contributed by atoms with Crippen molar-refractivity contribution in [1.82, 2.24) is 0 Å². The van der Waals surface area contributed by atoms with Gasteiger partial charge in [-0.3, -0.25) is 4.79 Å². The fourth-order valence-electron chi connectivity index (χ4n) is 2.85. The number of hydrogen-bond acceptors (Lipinski definition) is 3. The van der Waals surface area contributed by atoms with E-state index in [0.717, 1.165) is 19.3 Å². The largest absolute Gasteiger partial charge is 0.478 e. The molecule has 2 aliphatic rings. The zero-order chi connectivity index (χ0) is 12.7. The Labute approximate surface area is 104 Å². The lowest BCUT2D eigenvalue weighted by Gasteiger charge is -2.17. The molecular weight excluding hydrogens is 232 g/mol. The lowest BCUT2D eigenvalue weighted by molar-refractivity contribution is -0.119. The lowest BCUT2D eigenvalue weighted by Crippen LogP contribution is -2.30. The van der Waals surface area contributed by atoms with Gasteiger partial charge < -0.3 is 15.7 Å². The predicted octanol–water partition coefficient (Wildman–Crippen LogP) is 1.92. The van der Waals surface area contributed by atoms with E-state index in [0.29, 0.717) is 11.4 Å². The molecule has 0 bridgehead atoms. The van der Waals surface area contributed by atoms with Crippen LogP contribution in [0.15, 0.2) is 18.2 Å². The first kappa shape index (κ1) is 11.1. The van der Waals surface area contributed by atoms with Crippen molar-refractivity contribution in [3.05, 3.63) is 23.8 Å². The Morgan fingerprint density at radius 1 is 1.33 bits per heavy atom. The van der Waals surface area contributed by atoms with Gasteiger partial charge in [0, 0.05) is 6.04 Å². The number of carbonyl (C=O) groups excluding carboxylic acids is 1. The Bertz CT molecular complexity index is 527. The van der Waals surface area contributed by atoms with Gasteiger partial charge >= 0.3 is 5.97 Å². The van der Waals surface area contributed by atoms with Crippen LogP contribution >= 0.6 is 0 Å². The van der Waals surface area contributed by atoms with E-state index in [1.165, 1.54) is 0 Å². The van der Waals surface area contributed by atoms with Crippen LogP contribution in [0.3, 0.4) is 0 Å². The van der Waals surface area contributed by atoms with Crippen molar-refractivity contribution in [2.24, 2.45) is 5.92 Å². The van der Waals surface area contributed by atoms with E-state index in [2.05, 4.69) is 10.6 Å². The predicted molar refractivity (Wildman–Crippen MR) is 66.8 cm³/mol. The number of aromatic carboxylic acids is 1. The summed E-state index contributed by atoms with van der Waals surface area (Å²) >= 11 is 0. The summed E-state index contributed by atoms with van der Waals surface area (Å²) in [4.78, 5) is 23.2. The molecule has 5 heteroatoms. The first-order chi connectivity index (χ1) is 8.66. The van der Waals surface area contributed by atoms with E-state index in [1.54, 1.807) is 18.2 Å². The summed E-state index contributed by atoms with van der Waals surface area (Å²) in [5, 5.41) is 15.2. The second-order valence-electron chi connectivity index (χ2n) is 4.81. The standard InChI is InChI=1S/C13H14N2O3/c16-12-7-3-1-5-9(7)14-11-8(13(17)18)4-2-6-10(11)15-12/h2,4,6-7,9,14H,1,3,5H2,(H,15,16)(H,17,18). The van der Waals surface area contributed by atoms with Crippen molar-refractivity contribution in [2.45, 2.75) is 25.3 Å². The Morgan fingerprint density at radius 3 is 2.94 bits per heavy atom. The number of benzene rings is 1. The monoisotopic (exact) mass is 246 g/mol. The highest BCUT2D eigenvalue weighted by Crippen LogP contribution is 2.37. The maximum absolute atomic E-state index is 12.0. The number of carbonyl (C=O) groups is 2. The molecule has 3 N–H and O–H groups in total. The summed E-state index contributed by atoms with van der Waals surface area (Å²) in [6.45, 7) is 0. The van der Waals surface area contributed by atoms with Gasteiger partial charge in [-0.1, -0.05) is 12.5 Å². The number of para-hydroxylation sites is 1. The number of anilines is 2. The van der Waals surface area contributed by atoms with Gasteiger partial charge in [0.1, 0.15) is 0 Å². The summed E-state index contributed by atoms with van der Waals surface area (Å²) in [7, 11) is 0. The average Bonchev–Trinajstić information content (AvgIpc) is 2.74. The molecule has 1 fully saturated rings. The fraction of sp³-hybridized carbons (Fsp3) is 0.385. The molecule has 0 saturated heterocycles. The first-order valence-electron chi connectivity index (χ1n) is 6.10. The highest BCUT2D eigenvalue weighted by molar-refractivity contribution is 6.04. The van der Waals surface area contributed by atoms with Gasteiger partial charge in [-0.05, 0) is 25.0 Å². The molecule has 94 valence electrons. The van der Waals surface area contributed by atoms with E-state index in [9.17, 15) is 14.7 Å². The zero-order valence-electron chi connectivity index (χ0n) is 9.77. The number of carboxylic acid groups (broad SMARTS) is 1. The quantitative estimate of drug-likeness (QED) is 0.707. The molecule has 0 spiro atoms. The smallest absolute Gasteiger partial charge is 0.337 e. The Hall–Kier alpha value is -2.04. The van der Waals surface area contributed by atoms with Crippen LogP contribution in [-0.2, 0) is 4.79 Å². The molecule has 1 aliphatic carbocycles. The molecule has 2 unspecified atom stereocenters. The molecule has 1 amide bonds. The molecule has 18 heavy (non-hydrogen) atoms. The Balaban J connectivity index is 2.08. The number of carboxylic acids is 1. The van der Waals surface area contributed by atoms with Crippen LogP contribution in [0.2, 0.25) is 0 Å². The first-order valence-corrected chi connectivity index (χ1v) is 6.10. The maximum Gasteiger partial charge on any atom is 0.337 e. The maximum atomic E-state index is 12.0. The number of hydrogen-bond donors (Lipinski definition) is 3. The topological polar surface area (TPSA) is 78.4 Å². The van der Waals surface area contributed by atoms with Gasteiger partial charge in [-0.15, -0.1) is 0 Å². The van der Waals surface area contributed by atoms with Crippen LogP contribution < -0.4 is 10.6 Å². The van der Waals surface area contributed by atoms with Gasteiger partial charge in [0.15, 0.2) is 0 Å². The summed E-state index contributed by atoms with van der Waals surface area (Å²) in [5.41, 5.74) is 1.31. The van der Waals surface area contributed by atoms with Crippen molar-refractivity contribution >= 4 is 23.3 Å². The van der Waals surface area contributed by atoms with Crippen molar-refractivity contribution in [2.75, 3.05) is 10.6 Å². The second kappa shape index (κ2) is 4.01. The van der Waals surface area contributed by atoms with E-state index in [-0.39, 0.29) is 23.4 Å². The minimum atomic E-state index is -0.981. The van der Waals surface area contributed by atoms with Gasteiger partial charge in [0.2, 0.25) is 5.91 Å². The molecule has 3 rings (SSSR count). The highest BCUT2D eigenvalue weighted by atomic mass is 16.4. The Morgan fingerprint density at radius 2 is 2.17 bits per heavy atom. The molecular formula is C13H14N2O3. The summed E-state index contributed by atoms with van der Waals surface area (Å²) in [6, 6.07) is 4.97. The van der Waals surface area contributed by atoms with Gasteiger partial charge in [0.25, 0.3) is 0 Å². The van der Waals surface area contributed by atoms with Crippen LogP contribution in [0.5, 0.6) is 0 Å². The highest BCUT2D eigenvalue weighted by Gasteiger charge is 2.36. The van der Waals surface area contributed by atoms with E-state index in [1.807, 2.05) is 0 Å². The normalized spacial score (nSPS) is 25.4. The summed E-state index contributed by atoms with van der Waals surface area (Å²) in [5.74, 6) is -1.05. The van der Waals surface area contributed by atoms with E-state index < -0.39 is 5.97 Å². The van der Waals surface area contributed by atoms with Gasteiger partial charge in [-0.2, -0.15) is 0 Å². The molecule has 1 aromatic rings. The molecule has 1 aromatic carbocycles. The van der Waals surface area contributed by atoms with Crippen molar-refractivity contribution in [3.8, 4) is 0 Å².